The predicted octanol–water partition coefficient (Wildman–Crippen LogP) is 5.88. The summed E-state index contributed by atoms with van der Waals surface area (Å²) in [5.41, 5.74) is 0.875. The molecule has 0 saturated heterocycles. The first-order valence-corrected chi connectivity index (χ1v) is 8.19. The Morgan fingerprint density at radius 3 is 2.40 bits per heavy atom. The molecule has 0 fully saturated rings. The molecule has 0 aliphatic heterocycles. The summed E-state index contributed by atoms with van der Waals surface area (Å²) < 4.78 is 13.3. The van der Waals surface area contributed by atoms with E-state index in [9.17, 15) is 4.39 Å². The molecule has 1 atom stereocenters. The number of hydrogen-bond donors (Lipinski definition) is 1. The fraction of sp³-hybridized carbons (Fsp3) is 0.647. The number of halogens is 2. The summed E-state index contributed by atoms with van der Waals surface area (Å²) in [5, 5.41) is 3.89. The molecule has 0 saturated carbocycles. The van der Waals surface area contributed by atoms with Crippen molar-refractivity contribution < 1.29 is 4.39 Å². The van der Waals surface area contributed by atoms with Crippen molar-refractivity contribution in [2.45, 2.75) is 64.3 Å². The molecule has 114 valence electrons. The highest BCUT2D eigenvalue weighted by Crippen LogP contribution is 2.27. The molecule has 1 unspecified atom stereocenters. The first kappa shape index (κ1) is 17.5. The minimum Gasteiger partial charge on any atom is -0.313 e. The Hall–Kier alpha value is -0.600. The molecule has 0 heterocycles. The second-order valence-electron chi connectivity index (χ2n) is 5.42. The SMILES string of the molecule is CCCCCCCCCC(NC)c1cc(F)ccc1Cl. The number of benzene rings is 1. The quantitative estimate of drug-likeness (QED) is 0.532. The van der Waals surface area contributed by atoms with Crippen molar-refractivity contribution in [2.24, 2.45) is 0 Å². The van der Waals surface area contributed by atoms with E-state index in [4.69, 9.17) is 11.6 Å². The normalized spacial score (nSPS) is 12.6. The van der Waals surface area contributed by atoms with Crippen molar-refractivity contribution >= 4 is 11.6 Å². The molecule has 0 aliphatic rings. The largest absolute Gasteiger partial charge is 0.313 e. The Balaban J connectivity index is 2.34. The molecule has 1 nitrogen and oxygen atoms in total. The summed E-state index contributed by atoms with van der Waals surface area (Å²) in [4.78, 5) is 0. The van der Waals surface area contributed by atoms with Gasteiger partial charge >= 0.3 is 0 Å². The van der Waals surface area contributed by atoms with Gasteiger partial charge in [-0.05, 0) is 37.2 Å². The fourth-order valence-electron chi connectivity index (χ4n) is 2.54. The molecule has 1 aromatic rings. The van der Waals surface area contributed by atoms with Gasteiger partial charge in [0.25, 0.3) is 0 Å². The van der Waals surface area contributed by atoms with E-state index >= 15 is 0 Å². The Labute approximate surface area is 127 Å². The number of nitrogens with one attached hydrogen (secondary N) is 1. The van der Waals surface area contributed by atoms with Crippen LogP contribution in [0.2, 0.25) is 5.02 Å². The number of rotatable bonds is 10. The third-order valence-electron chi connectivity index (χ3n) is 3.78. The molecule has 0 aromatic heterocycles. The lowest BCUT2D eigenvalue weighted by Crippen LogP contribution is -2.17. The van der Waals surface area contributed by atoms with Crippen LogP contribution in [0.1, 0.15) is 69.9 Å². The van der Waals surface area contributed by atoms with E-state index in [2.05, 4.69) is 12.2 Å². The lowest BCUT2D eigenvalue weighted by molar-refractivity contribution is 0.493. The average Bonchev–Trinajstić information content (AvgIpc) is 2.45. The van der Waals surface area contributed by atoms with Crippen molar-refractivity contribution in [3.05, 3.63) is 34.6 Å². The molecular weight excluding hydrogens is 273 g/mol. The monoisotopic (exact) mass is 299 g/mol. The van der Waals surface area contributed by atoms with Crippen molar-refractivity contribution in [3.63, 3.8) is 0 Å². The zero-order valence-electron chi connectivity index (χ0n) is 12.7. The summed E-state index contributed by atoms with van der Waals surface area (Å²) in [5.74, 6) is -0.218. The maximum absolute atomic E-state index is 13.3. The van der Waals surface area contributed by atoms with Gasteiger partial charge in [0.2, 0.25) is 0 Å². The van der Waals surface area contributed by atoms with Crippen LogP contribution in [-0.2, 0) is 0 Å². The van der Waals surface area contributed by atoms with Crippen LogP contribution in [0.25, 0.3) is 0 Å². The summed E-state index contributed by atoms with van der Waals surface area (Å²) in [7, 11) is 1.91. The van der Waals surface area contributed by atoms with E-state index in [1.54, 1.807) is 12.1 Å². The van der Waals surface area contributed by atoms with Crippen LogP contribution in [0.5, 0.6) is 0 Å². The molecule has 0 amide bonds. The van der Waals surface area contributed by atoms with Gasteiger partial charge in [-0.25, -0.2) is 4.39 Å². The van der Waals surface area contributed by atoms with Gasteiger partial charge in [-0.3, -0.25) is 0 Å². The van der Waals surface area contributed by atoms with Gasteiger partial charge in [-0.15, -0.1) is 0 Å². The van der Waals surface area contributed by atoms with E-state index in [0.29, 0.717) is 5.02 Å². The predicted molar refractivity (Wildman–Crippen MR) is 85.8 cm³/mol. The third kappa shape index (κ3) is 6.23. The zero-order chi connectivity index (χ0) is 14.8. The van der Waals surface area contributed by atoms with Gasteiger partial charge in [0, 0.05) is 11.1 Å². The number of unbranched alkanes of at least 4 members (excludes halogenated alkanes) is 6. The molecule has 1 aromatic carbocycles. The van der Waals surface area contributed by atoms with Crippen molar-refractivity contribution in [1.29, 1.82) is 0 Å². The molecule has 1 N–H and O–H groups in total. The summed E-state index contributed by atoms with van der Waals surface area (Å²) in [6, 6.07) is 4.74. The highest BCUT2D eigenvalue weighted by molar-refractivity contribution is 6.31. The zero-order valence-corrected chi connectivity index (χ0v) is 13.5. The average molecular weight is 300 g/mol. The molecule has 0 bridgehead atoms. The molecule has 3 heteroatoms. The minimum atomic E-state index is -0.218. The van der Waals surface area contributed by atoms with Crippen LogP contribution in [-0.4, -0.2) is 7.05 Å². The van der Waals surface area contributed by atoms with Crippen molar-refractivity contribution in [2.75, 3.05) is 7.05 Å². The Morgan fingerprint density at radius 2 is 1.75 bits per heavy atom. The van der Waals surface area contributed by atoms with Gasteiger partial charge in [0.15, 0.2) is 0 Å². The van der Waals surface area contributed by atoms with Gasteiger partial charge in [0.1, 0.15) is 5.82 Å². The van der Waals surface area contributed by atoms with E-state index in [-0.39, 0.29) is 11.9 Å². The molecule has 0 radical (unpaired) electrons. The highest BCUT2D eigenvalue weighted by atomic mass is 35.5. The smallest absolute Gasteiger partial charge is 0.123 e. The standard InChI is InChI=1S/C17H27ClFN/c1-3-4-5-6-7-8-9-10-17(20-2)15-13-14(19)11-12-16(15)18/h11-13,17,20H,3-10H2,1-2H3. The molecular formula is C17H27ClFN. The lowest BCUT2D eigenvalue weighted by Gasteiger charge is -2.18. The summed E-state index contributed by atoms with van der Waals surface area (Å²) >= 11 is 6.16. The maximum atomic E-state index is 13.3. The van der Waals surface area contributed by atoms with Crippen molar-refractivity contribution in [1.82, 2.24) is 5.32 Å². The second kappa shape index (κ2) is 10.2. The molecule has 1 rings (SSSR count). The first-order chi connectivity index (χ1) is 9.69. The Bertz CT molecular complexity index is 381. The molecule has 20 heavy (non-hydrogen) atoms. The fourth-order valence-corrected chi connectivity index (χ4v) is 2.79. The van der Waals surface area contributed by atoms with E-state index in [1.165, 1.54) is 44.6 Å². The van der Waals surface area contributed by atoms with Gasteiger partial charge in [-0.2, -0.15) is 0 Å². The summed E-state index contributed by atoms with van der Waals surface area (Å²) in [6.45, 7) is 2.24. The van der Waals surface area contributed by atoms with Crippen LogP contribution in [0.4, 0.5) is 4.39 Å². The topological polar surface area (TPSA) is 12.0 Å². The first-order valence-electron chi connectivity index (χ1n) is 7.81. The maximum Gasteiger partial charge on any atom is 0.123 e. The van der Waals surface area contributed by atoms with Crippen molar-refractivity contribution in [3.8, 4) is 0 Å². The van der Waals surface area contributed by atoms with Crippen LogP contribution in [0, 0.1) is 5.82 Å². The van der Waals surface area contributed by atoms with Crippen LogP contribution >= 0.6 is 11.6 Å². The van der Waals surface area contributed by atoms with E-state index in [0.717, 1.165) is 18.4 Å². The van der Waals surface area contributed by atoms with Crippen LogP contribution in [0.15, 0.2) is 18.2 Å². The molecule has 0 spiro atoms. The third-order valence-corrected chi connectivity index (χ3v) is 4.12. The highest BCUT2D eigenvalue weighted by Gasteiger charge is 2.13. The van der Waals surface area contributed by atoms with E-state index < -0.39 is 0 Å². The molecule has 0 aliphatic carbocycles. The Morgan fingerprint density at radius 1 is 1.10 bits per heavy atom. The van der Waals surface area contributed by atoms with Gasteiger partial charge < -0.3 is 5.32 Å². The van der Waals surface area contributed by atoms with Gasteiger partial charge in [-0.1, -0.05) is 63.5 Å². The second-order valence-corrected chi connectivity index (χ2v) is 5.82. The minimum absolute atomic E-state index is 0.147. The van der Waals surface area contributed by atoms with Crippen LogP contribution in [0.3, 0.4) is 0 Å². The van der Waals surface area contributed by atoms with Gasteiger partial charge in [0.05, 0.1) is 0 Å². The number of hydrogen-bond acceptors (Lipinski definition) is 1. The van der Waals surface area contributed by atoms with Crippen LogP contribution < -0.4 is 5.32 Å². The Kier molecular flexibility index (Phi) is 8.88. The lowest BCUT2D eigenvalue weighted by atomic mass is 9.99. The summed E-state index contributed by atoms with van der Waals surface area (Å²) in [6.07, 6.45) is 10.0. The van der Waals surface area contributed by atoms with E-state index in [1.807, 2.05) is 7.05 Å².